The third kappa shape index (κ3) is 2.33. The van der Waals surface area contributed by atoms with E-state index in [9.17, 15) is 4.79 Å². The molecule has 1 aliphatic heterocycles. The van der Waals surface area contributed by atoms with Crippen LogP contribution in [0.25, 0.3) is 0 Å². The van der Waals surface area contributed by atoms with Crippen molar-refractivity contribution >= 4 is 11.7 Å². The Kier molecular flexibility index (Phi) is 3.10. The Morgan fingerprint density at radius 3 is 3.00 bits per heavy atom. The number of benzene rings is 1. The van der Waals surface area contributed by atoms with Gasteiger partial charge in [0.25, 0.3) is 0 Å². The third-order valence-electron chi connectivity index (χ3n) is 2.69. The molecule has 0 bridgehead atoms. The molecule has 0 saturated carbocycles. The van der Waals surface area contributed by atoms with Gasteiger partial charge in [-0.15, -0.1) is 0 Å². The molecular formula is C12H15NO3. The van der Waals surface area contributed by atoms with Gasteiger partial charge in [0, 0.05) is 12.3 Å². The predicted molar refractivity (Wildman–Crippen MR) is 61.0 cm³/mol. The van der Waals surface area contributed by atoms with Gasteiger partial charge in [-0.3, -0.25) is 0 Å². The number of rotatable bonds is 3. The fourth-order valence-electron chi connectivity index (χ4n) is 1.83. The van der Waals surface area contributed by atoms with E-state index in [0.29, 0.717) is 17.9 Å². The standard InChI is InChI=1S/C12H15NO3/c1-8-2-3-10(12(14)15)11(6-8)13-9-4-5-16-7-9/h2-3,6,9,13H,4-5,7H2,1H3,(H,14,15). The van der Waals surface area contributed by atoms with Crippen molar-refractivity contribution in [3.05, 3.63) is 29.3 Å². The minimum absolute atomic E-state index is 0.222. The lowest BCUT2D eigenvalue weighted by atomic mass is 10.1. The molecular weight excluding hydrogens is 206 g/mol. The molecule has 1 heterocycles. The van der Waals surface area contributed by atoms with Crippen molar-refractivity contribution in [1.29, 1.82) is 0 Å². The Hall–Kier alpha value is -1.55. The highest BCUT2D eigenvalue weighted by atomic mass is 16.5. The van der Waals surface area contributed by atoms with E-state index in [-0.39, 0.29) is 6.04 Å². The van der Waals surface area contributed by atoms with Crippen LogP contribution in [-0.4, -0.2) is 30.3 Å². The Morgan fingerprint density at radius 2 is 2.38 bits per heavy atom. The Bertz CT molecular complexity index is 397. The van der Waals surface area contributed by atoms with Gasteiger partial charge in [0.1, 0.15) is 0 Å². The highest BCUT2D eigenvalue weighted by molar-refractivity contribution is 5.94. The first-order valence-corrected chi connectivity index (χ1v) is 5.35. The summed E-state index contributed by atoms with van der Waals surface area (Å²) in [5.74, 6) is -0.901. The molecule has 0 aliphatic carbocycles. The van der Waals surface area contributed by atoms with E-state index in [4.69, 9.17) is 9.84 Å². The summed E-state index contributed by atoms with van der Waals surface area (Å²) in [7, 11) is 0. The summed E-state index contributed by atoms with van der Waals surface area (Å²) in [6.45, 7) is 3.33. The number of nitrogens with one attached hydrogen (secondary N) is 1. The maximum Gasteiger partial charge on any atom is 0.337 e. The number of aromatic carboxylic acids is 1. The second kappa shape index (κ2) is 4.53. The zero-order valence-electron chi connectivity index (χ0n) is 9.19. The molecule has 86 valence electrons. The summed E-state index contributed by atoms with van der Waals surface area (Å²) in [6.07, 6.45) is 0.924. The number of hydrogen-bond acceptors (Lipinski definition) is 3. The number of carboxylic acids is 1. The molecule has 16 heavy (non-hydrogen) atoms. The molecule has 4 nitrogen and oxygen atoms in total. The van der Waals surface area contributed by atoms with Crippen LogP contribution in [0.3, 0.4) is 0 Å². The molecule has 1 unspecified atom stereocenters. The van der Waals surface area contributed by atoms with E-state index in [1.807, 2.05) is 13.0 Å². The van der Waals surface area contributed by atoms with Crippen LogP contribution in [-0.2, 0) is 4.74 Å². The maximum atomic E-state index is 11.0. The number of anilines is 1. The normalized spacial score (nSPS) is 19.7. The van der Waals surface area contributed by atoms with Crippen LogP contribution in [0.5, 0.6) is 0 Å². The number of ether oxygens (including phenoxy) is 1. The van der Waals surface area contributed by atoms with Crippen LogP contribution in [0.15, 0.2) is 18.2 Å². The van der Waals surface area contributed by atoms with Gasteiger partial charge in [0.15, 0.2) is 0 Å². The summed E-state index contributed by atoms with van der Waals surface area (Å²) in [6, 6.07) is 5.53. The van der Waals surface area contributed by atoms with Crippen LogP contribution in [0.4, 0.5) is 5.69 Å². The number of carbonyl (C=O) groups is 1. The maximum absolute atomic E-state index is 11.0. The summed E-state index contributed by atoms with van der Waals surface area (Å²) >= 11 is 0. The van der Waals surface area contributed by atoms with Gasteiger partial charge in [-0.25, -0.2) is 4.79 Å². The predicted octanol–water partition coefficient (Wildman–Crippen LogP) is 1.89. The molecule has 4 heteroatoms. The van der Waals surface area contributed by atoms with Gasteiger partial charge in [-0.05, 0) is 31.0 Å². The summed E-state index contributed by atoms with van der Waals surface area (Å²) < 4.78 is 5.25. The topological polar surface area (TPSA) is 58.6 Å². The van der Waals surface area contributed by atoms with Gasteiger partial charge >= 0.3 is 5.97 Å². The summed E-state index contributed by atoms with van der Waals surface area (Å²) in [5.41, 5.74) is 2.05. The van der Waals surface area contributed by atoms with Crippen molar-refractivity contribution in [1.82, 2.24) is 0 Å². The van der Waals surface area contributed by atoms with Gasteiger partial charge < -0.3 is 15.2 Å². The van der Waals surface area contributed by atoms with Crippen molar-refractivity contribution < 1.29 is 14.6 Å². The first-order valence-electron chi connectivity index (χ1n) is 5.35. The Balaban J connectivity index is 2.22. The van der Waals surface area contributed by atoms with E-state index >= 15 is 0 Å². The fraction of sp³-hybridized carbons (Fsp3) is 0.417. The van der Waals surface area contributed by atoms with Crippen molar-refractivity contribution in [3.8, 4) is 0 Å². The lowest BCUT2D eigenvalue weighted by molar-refractivity contribution is 0.0698. The molecule has 2 N–H and O–H groups in total. The van der Waals surface area contributed by atoms with Crippen molar-refractivity contribution in [3.63, 3.8) is 0 Å². The van der Waals surface area contributed by atoms with E-state index in [1.165, 1.54) is 0 Å². The highest BCUT2D eigenvalue weighted by Gasteiger charge is 2.18. The molecule has 0 spiro atoms. The minimum atomic E-state index is -0.901. The zero-order valence-corrected chi connectivity index (χ0v) is 9.19. The molecule has 2 rings (SSSR count). The molecule has 1 aromatic carbocycles. The largest absolute Gasteiger partial charge is 0.478 e. The van der Waals surface area contributed by atoms with Crippen molar-refractivity contribution in [2.24, 2.45) is 0 Å². The quantitative estimate of drug-likeness (QED) is 0.818. The molecule has 0 radical (unpaired) electrons. The number of carboxylic acid groups (broad SMARTS) is 1. The van der Waals surface area contributed by atoms with Crippen LogP contribution < -0.4 is 5.32 Å². The summed E-state index contributed by atoms with van der Waals surface area (Å²) in [4.78, 5) is 11.0. The zero-order chi connectivity index (χ0) is 11.5. The number of aryl methyl sites for hydroxylation is 1. The van der Waals surface area contributed by atoms with Crippen LogP contribution in [0.2, 0.25) is 0 Å². The van der Waals surface area contributed by atoms with E-state index in [2.05, 4.69) is 5.32 Å². The first-order chi connectivity index (χ1) is 7.66. The smallest absolute Gasteiger partial charge is 0.337 e. The molecule has 1 saturated heterocycles. The molecule has 1 fully saturated rings. The molecule has 1 atom stereocenters. The average molecular weight is 221 g/mol. The lowest BCUT2D eigenvalue weighted by Gasteiger charge is -2.15. The first kappa shape index (κ1) is 11.0. The van der Waals surface area contributed by atoms with Gasteiger partial charge in [-0.2, -0.15) is 0 Å². The van der Waals surface area contributed by atoms with E-state index < -0.39 is 5.97 Å². The van der Waals surface area contributed by atoms with Crippen LogP contribution >= 0.6 is 0 Å². The fourth-order valence-corrected chi connectivity index (χ4v) is 1.83. The average Bonchev–Trinajstić information content (AvgIpc) is 2.70. The van der Waals surface area contributed by atoms with Gasteiger partial charge in [0.05, 0.1) is 18.2 Å². The van der Waals surface area contributed by atoms with E-state index in [1.54, 1.807) is 12.1 Å². The molecule has 0 aromatic heterocycles. The Morgan fingerprint density at radius 1 is 1.56 bits per heavy atom. The van der Waals surface area contributed by atoms with Gasteiger partial charge in [-0.1, -0.05) is 6.07 Å². The highest BCUT2D eigenvalue weighted by Crippen LogP contribution is 2.20. The summed E-state index contributed by atoms with van der Waals surface area (Å²) in [5, 5.41) is 12.3. The van der Waals surface area contributed by atoms with Crippen molar-refractivity contribution in [2.45, 2.75) is 19.4 Å². The monoisotopic (exact) mass is 221 g/mol. The second-order valence-electron chi connectivity index (χ2n) is 4.06. The molecule has 1 aromatic rings. The third-order valence-corrected chi connectivity index (χ3v) is 2.69. The van der Waals surface area contributed by atoms with Crippen molar-refractivity contribution in [2.75, 3.05) is 18.5 Å². The van der Waals surface area contributed by atoms with Crippen LogP contribution in [0.1, 0.15) is 22.3 Å². The van der Waals surface area contributed by atoms with Crippen LogP contribution in [0, 0.1) is 6.92 Å². The second-order valence-corrected chi connectivity index (χ2v) is 4.06. The Labute approximate surface area is 94.2 Å². The van der Waals surface area contributed by atoms with Gasteiger partial charge in [0.2, 0.25) is 0 Å². The lowest BCUT2D eigenvalue weighted by Crippen LogP contribution is -2.20. The minimum Gasteiger partial charge on any atom is -0.478 e. The molecule has 1 aliphatic rings. The van der Waals surface area contributed by atoms with E-state index in [0.717, 1.165) is 18.6 Å². The number of hydrogen-bond donors (Lipinski definition) is 2. The SMILES string of the molecule is Cc1ccc(C(=O)O)c(NC2CCOC2)c1. The molecule has 0 amide bonds.